The van der Waals surface area contributed by atoms with E-state index >= 15 is 0 Å². The van der Waals surface area contributed by atoms with Gasteiger partial charge in [0.15, 0.2) is 6.23 Å². The lowest BCUT2D eigenvalue weighted by atomic mass is 9.83. The summed E-state index contributed by atoms with van der Waals surface area (Å²) in [6.07, 6.45) is 0.00573. The molecule has 0 spiro atoms. The third-order valence-corrected chi connectivity index (χ3v) is 5.56. The van der Waals surface area contributed by atoms with Gasteiger partial charge in [-0.3, -0.25) is 15.4 Å². The van der Waals surface area contributed by atoms with Gasteiger partial charge in [-0.2, -0.15) is 8.78 Å². The van der Waals surface area contributed by atoms with Crippen LogP contribution in [-0.4, -0.2) is 30.3 Å². The average molecular weight is 488 g/mol. The third-order valence-electron chi connectivity index (χ3n) is 5.56. The Bertz CT molecular complexity index is 1130. The van der Waals surface area contributed by atoms with Gasteiger partial charge in [0, 0.05) is 17.8 Å². The van der Waals surface area contributed by atoms with Crippen LogP contribution in [0, 0.1) is 10.1 Å². The molecule has 186 valence electrons. The Balaban J connectivity index is 1.86. The molecule has 0 amide bonds. The van der Waals surface area contributed by atoms with Crippen molar-refractivity contribution in [3.05, 3.63) is 98.5 Å². The van der Waals surface area contributed by atoms with Gasteiger partial charge in [-0.15, -0.1) is 0 Å². The Kier molecular flexibility index (Phi) is 8.53. The van der Waals surface area contributed by atoms with Gasteiger partial charge in [0.25, 0.3) is 5.70 Å². The number of hydrogen-bond acceptors (Lipinski definition) is 7. The quantitative estimate of drug-likeness (QED) is 0.220. The van der Waals surface area contributed by atoms with E-state index in [4.69, 9.17) is 4.74 Å². The van der Waals surface area contributed by atoms with Crippen molar-refractivity contribution in [2.75, 3.05) is 6.54 Å². The topological polar surface area (TPSA) is 103 Å². The molecule has 2 atom stereocenters. The van der Waals surface area contributed by atoms with Gasteiger partial charge in [-0.05, 0) is 38.8 Å². The van der Waals surface area contributed by atoms with Gasteiger partial charge in [0.2, 0.25) is 0 Å². The van der Waals surface area contributed by atoms with E-state index in [1.54, 1.807) is 13.8 Å². The Morgan fingerprint density at radius 1 is 1.11 bits per heavy atom. The molecule has 2 aromatic carbocycles. The van der Waals surface area contributed by atoms with Crippen LogP contribution in [-0.2, 0) is 16.0 Å². The van der Waals surface area contributed by atoms with Gasteiger partial charge in [-0.25, -0.2) is 4.79 Å². The minimum absolute atomic E-state index is 0.0516. The van der Waals surface area contributed by atoms with Crippen molar-refractivity contribution < 1.29 is 28.0 Å². The molecule has 0 saturated heterocycles. The van der Waals surface area contributed by atoms with E-state index in [0.29, 0.717) is 18.7 Å². The van der Waals surface area contributed by atoms with Crippen molar-refractivity contribution in [2.45, 2.75) is 45.9 Å². The van der Waals surface area contributed by atoms with E-state index in [1.165, 1.54) is 31.2 Å². The first kappa shape index (κ1) is 25.8. The molecule has 1 aliphatic heterocycles. The number of nitrogens with one attached hydrogen (secondary N) is 2. The van der Waals surface area contributed by atoms with Crippen LogP contribution in [0.2, 0.25) is 0 Å². The van der Waals surface area contributed by atoms with Crippen LogP contribution in [0.15, 0.2) is 77.3 Å². The van der Waals surface area contributed by atoms with Gasteiger partial charge in [0.1, 0.15) is 11.7 Å². The highest BCUT2D eigenvalue weighted by molar-refractivity contribution is 5.92. The molecule has 1 aliphatic rings. The minimum Gasteiger partial charge on any atom is -0.443 e. The molecule has 0 fully saturated rings. The molecule has 1 heterocycles. The molecule has 10 heteroatoms. The van der Waals surface area contributed by atoms with E-state index in [9.17, 15) is 23.7 Å². The van der Waals surface area contributed by atoms with Crippen LogP contribution < -0.4 is 15.4 Å². The highest BCUT2D eigenvalue weighted by atomic mass is 19.3. The number of alkyl halides is 2. The molecule has 0 radical (unpaired) electrons. The Morgan fingerprint density at radius 3 is 2.43 bits per heavy atom. The molecular formula is C25H27F2N3O5. The van der Waals surface area contributed by atoms with E-state index in [-0.39, 0.29) is 28.3 Å². The third kappa shape index (κ3) is 6.42. The fraction of sp³-hybridized carbons (Fsp3) is 0.320. The summed E-state index contributed by atoms with van der Waals surface area (Å²) in [5.74, 6) is -2.34. The van der Waals surface area contributed by atoms with E-state index in [0.717, 1.165) is 5.56 Å². The van der Waals surface area contributed by atoms with E-state index in [2.05, 4.69) is 15.4 Å². The predicted molar refractivity (Wildman–Crippen MR) is 125 cm³/mol. The van der Waals surface area contributed by atoms with E-state index in [1.807, 2.05) is 30.3 Å². The number of nitro groups is 1. The van der Waals surface area contributed by atoms with Gasteiger partial charge in [0.05, 0.1) is 16.2 Å². The Morgan fingerprint density at radius 2 is 1.77 bits per heavy atom. The normalized spacial score (nSPS) is 16.7. The lowest BCUT2D eigenvalue weighted by molar-refractivity contribution is -0.431. The van der Waals surface area contributed by atoms with Crippen LogP contribution in [0.1, 0.15) is 37.8 Å². The van der Waals surface area contributed by atoms with Gasteiger partial charge in [-0.1, -0.05) is 48.5 Å². The summed E-state index contributed by atoms with van der Waals surface area (Å²) >= 11 is 0. The Hall–Kier alpha value is -3.79. The summed E-state index contributed by atoms with van der Waals surface area (Å²) in [6, 6.07) is 15.5. The zero-order valence-electron chi connectivity index (χ0n) is 19.6. The highest BCUT2D eigenvalue weighted by Gasteiger charge is 2.42. The molecule has 0 aromatic heterocycles. The molecule has 2 unspecified atom stereocenters. The zero-order valence-corrected chi connectivity index (χ0v) is 19.6. The van der Waals surface area contributed by atoms with Crippen LogP contribution >= 0.6 is 0 Å². The summed E-state index contributed by atoms with van der Waals surface area (Å²) in [4.78, 5) is 24.6. The zero-order chi connectivity index (χ0) is 25.5. The summed E-state index contributed by atoms with van der Waals surface area (Å²) in [6.45, 7) is 2.10. The number of rotatable bonds is 10. The molecule has 0 bridgehead atoms. The summed E-state index contributed by atoms with van der Waals surface area (Å²) in [5.41, 5.74) is 1.29. The first-order chi connectivity index (χ1) is 16.7. The fourth-order valence-corrected chi connectivity index (χ4v) is 4.05. The second-order valence-corrected chi connectivity index (χ2v) is 8.02. The SMILES string of the molecule is CC1=C(C(=O)OC(C)NCCc2ccccc2)C(c2ccccc2OC(F)F)C([N+](=O)[O-])=C(C)N1. The first-order valence-corrected chi connectivity index (χ1v) is 11.0. The van der Waals surface area contributed by atoms with Crippen molar-refractivity contribution in [3.8, 4) is 5.75 Å². The molecule has 35 heavy (non-hydrogen) atoms. The maximum absolute atomic E-state index is 13.2. The fourth-order valence-electron chi connectivity index (χ4n) is 4.05. The Labute approximate surface area is 201 Å². The minimum atomic E-state index is -3.14. The number of halogens is 2. The molecule has 3 rings (SSSR count). The number of carbonyl (C=O) groups is 1. The molecule has 8 nitrogen and oxygen atoms in total. The molecule has 2 N–H and O–H groups in total. The lowest BCUT2D eigenvalue weighted by Gasteiger charge is -2.28. The number of para-hydroxylation sites is 1. The maximum Gasteiger partial charge on any atom is 0.387 e. The van der Waals surface area contributed by atoms with Crippen molar-refractivity contribution in [2.24, 2.45) is 0 Å². The van der Waals surface area contributed by atoms with Gasteiger partial charge >= 0.3 is 12.6 Å². The van der Waals surface area contributed by atoms with Crippen molar-refractivity contribution in [3.63, 3.8) is 0 Å². The number of carbonyl (C=O) groups excluding carboxylic acids is 1. The monoisotopic (exact) mass is 487 g/mol. The van der Waals surface area contributed by atoms with Crippen molar-refractivity contribution in [1.82, 2.24) is 10.6 Å². The van der Waals surface area contributed by atoms with Crippen LogP contribution in [0.3, 0.4) is 0 Å². The molecule has 0 aliphatic carbocycles. The second-order valence-electron chi connectivity index (χ2n) is 8.02. The highest BCUT2D eigenvalue weighted by Crippen LogP contribution is 2.42. The number of nitrogens with zero attached hydrogens (tertiary/aromatic N) is 1. The van der Waals surface area contributed by atoms with Crippen molar-refractivity contribution >= 4 is 5.97 Å². The second kappa shape index (κ2) is 11.6. The number of esters is 1. The molecular weight excluding hydrogens is 460 g/mol. The van der Waals surface area contributed by atoms with Crippen LogP contribution in [0.5, 0.6) is 5.75 Å². The summed E-state index contributed by atoms with van der Waals surface area (Å²) in [7, 11) is 0. The van der Waals surface area contributed by atoms with Crippen LogP contribution in [0.25, 0.3) is 0 Å². The number of ether oxygens (including phenoxy) is 2. The predicted octanol–water partition coefficient (Wildman–Crippen LogP) is 4.48. The number of dihydropyridines is 1. The molecule has 2 aromatic rings. The van der Waals surface area contributed by atoms with Crippen molar-refractivity contribution in [1.29, 1.82) is 0 Å². The van der Waals surface area contributed by atoms with Gasteiger partial charge < -0.3 is 14.8 Å². The standard InChI is InChI=1S/C25H27F2N3O5/c1-15-21(24(31)34-17(3)28-14-13-18-9-5-4-6-10-18)22(23(30(32)33)16(2)29-15)19-11-7-8-12-20(19)35-25(26)27/h4-12,17,22,25,28-29H,13-14H2,1-3H3. The first-order valence-electron chi connectivity index (χ1n) is 11.0. The average Bonchev–Trinajstić information content (AvgIpc) is 2.79. The summed E-state index contributed by atoms with van der Waals surface area (Å²) in [5, 5.41) is 17.9. The van der Waals surface area contributed by atoms with E-state index < -0.39 is 29.6 Å². The largest absolute Gasteiger partial charge is 0.443 e. The molecule has 0 saturated carbocycles. The summed E-state index contributed by atoms with van der Waals surface area (Å²) < 4.78 is 36.3. The maximum atomic E-state index is 13.2. The number of allylic oxidation sites excluding steroid dienone is 3. The number of hydrogen-bond donors (Lipinski definition) is 2. The lowest BCUT2D eigenvalue weighted by Crippen LogP contribution is -2.36. The number of benzene rings is 2. The smallest absolute Gasteiger partial charge is 0.387 e. The van der Waals surface area contributed by atoms with Crippen LogP contribution in [0.4, 0.5) is 8.78 Å².